The SMILES string of the molecule is CC1CC(F)(F)C1(C)C. The fourth-order valence-corrected chi connectivity index (χ4v) is 1.13. The first-order valence-corrected chi connectivity index (χ1v) is 3.26. The summed E-state index contributed by atoms with van der Waals surface area (Å²) in [7, 11) is 0. The van der Waals surface area contributed by atoms with Crippen LogP contribution in [0.4, 0.5) is 8.78 Å². The lowest BCUT2D eigenvalue weighted by Crippen LogP contribution is -2.53. The highest BCUT2D eigenvalue weighted by atomic mass is 19.3. The van der Waals surface area contributed by atoms with Gasteiger partial charge in [-0.25, -0.2) is 8.78 Å². The fourth-order valence-electron chi connectivity index (χ4n) is 1.13. The van der Waals surface area contributed by atoms with Crippen LogP contribution in [0.1, 0.15) is 27.2 Å². The van der Waals surface area contributed by atoms with Crippen LogP contribution in [-0.4, -0.2) is 5.92 Å². The van der Waals surface area contributed by atoms with Crippen molar-refractivity contribution in [3.63, 3.8) is 0 Å². The van der Waals surface area contributed by atoms with Crippen LogP contribution in [0.5, 0.6) is 0 Å². The van der Waals surface area contributed by atoms with E-state index in [4.69, 9.17) is 0 Å². The summed E-state index contributed by atoms with van der Waals surface area (Å²) < 4.78 is 25.1. The van der Waals surface area contributed by atoms with Crippen molar-refractivity contribution in [1.82, 2.24) is 0 Å². The topological polar surface area (TPSA) is 0 Å². The summed E-state index contributed by atoms with van der Waals surface area (Å²) in [6.45, 7) is 5.12. The van der Waals surface area contributed by atoms with Gasteiger partial charge in [0.2, 0.25) is 0 Å². The molecule has 0 saturated heterocycles. The van der Waals surface area contributed by atoms with Crippen LogP contribution in [0.2, 0.25) is 0 Å². The van der Waals surface area contributed by atoms with Gasteiger partial charge in [0, 0.05) is 11.8 Å². The Morgan fingerprint density at radius 3 is 1.78 bits per heavy atom. The number of hydrogen-bond acceptors (Lipinski definition) is 0. The maximum absolute atomic E-state index is 12.6. The molecule has 0 amide bonds. The van der Waals surface area contributed by atoms with Gasteiger partial charge in [-0.3, -0.25) is 0 Å². The van der Waals surface area contributed by atoms with E-state index in [0.29, 0.717) is 0 Å². The van der Waals surface area contributed by atoms with Crippen LogP contribution < -0.4 is 0 Å². The molecule has 1 fully saturated rings. The molecule has 1 aliphatic rings. The third kappa shape index (κ3) is 0.684. The predicted molar refractivity (Wildman–Crippen MR) is 32.5 cm³/mol. The third-order valence-corrected chi connectivity index (χ3v) is 2.74. The second kappa shape index (κ2) is 1.47. The molecule has 1 unspecified atom stereocenters. The molecule has 0 bridgehead atoms. The van der Waals surface area contributed by atoms with Gasteiger partial charge in [-0.2, -0.15) is 0 Å². The van der Waals surface area contributed by atoms with Gasteiger partial charge in [0.25, 0.3) is 5.92 Å². The van der Waals surface area contributed by atoms with Crippen LogP contribution in [0.3, 0.4) is 0 Å². The molecule has 0 aromatic rings. The normalized spacial score (nSPS) is 37.7. The van der Waals surface area contributed by atoms with Crippen LogP contribution in [0.25, 0.3) is 0 Å². The lowest BCUT2D eigenvalue weighted by molar-refractivity contribution is -0.221. The summed E-state index contributed by atoms with van der Waals surface area (Å²) in [4.78, 5) is 0. The first-order chi connectivity index (χ1) is 3.88. The van der Waals surface area contributed by atoms with Gasteiger partial charge in [0.1, 0.15) is 0 Å². The van der Waals surface area contributed by atoms with E-state index >= 15 is 0 Å². The predicted octanol–water partition coefficient (Wildman–Crippen LogP) is 2.69. The van der Waals surface area contributed by atoms with E-state index in [-0.39, 0.29) is 12.3 Å². The lowest BCUT2D eigenvalue weighted by Gasteiger charge is -2.50. The molecule has 0 aromatic heterocycles. The van der Waals surface area contributed by atoms with Crippen molar-refractivity contribution in [2.75, 3.05) is 0 Å². The summed E-state index contributed by atoms with van der Waals surface area (Å²) >= 11 is 0. The Kier molecular flexibility index (Phi) is 1.14. The van der Waals surface area contributed by atoms with E-state index < -0.39 is 11.3 Å². The second-order valence-corrected chi connectivity index (χ2v) is 3.53. The maximum Gasteiger partial charge on any atom is 0.253 e. The van der Waals surface area contributed by atoms with Crippen LogP contribution in [0, 0.1) is 11.3 Å². The van der Waals surface area contributed by atoms with E-state index in [0.717, 1.165) is 0 Å². The zero-order valence-corrected chi connectivity index (χ0v) is 6.04. The highest BCUT2D eigenvalue weighted by Gasteiger charge is 2.60. The van der Waals surface area contributed by atoms with Gasteiger partial charge >= 0.3 is 0 Å². The van der Waals surface area contributed by atoms with E-state index in [2.05, 4.69) is 0 Å². The number of rotatable bonds is 0. The van der Waals surface area contributed by atoms with E-state index in [9.17, 15) is 8.78 Å². The van der Waals surface area contributed by atoms with Crippen molar-refractivity contribution in [3.05, 3.63) is 0 Å². The molecular weight excluding hydrogens is 122 g/mol. The number of alkyl halides is 2. The standard InChI is InChI=1S/C7H12F2/c1-5-4-7(8,9)6(5,2)3/h5H,4H2,1-3H3. The van der Waals surface area contributed by atoms with Crippen LogP contribution in [0.15, 0.2) is 0 Å². The minimum Gasteiger partial charge on any atom is -0.206 e. The zero-order valence-electron chi connectivity index (χ0n) is 6.04. The van der Waals surface area contributed by atoms with Gasteiger partial charge in [-0.1, -0.05) is 20.8 Å². The highest BCUT2D eigenvalue weighted by molar-refractivity contribution is 5.00. The smallest absolute Gasteiger partial charge is 0.206 e. The molecule has 1 saturated carbocycles. The summed E-state index contributed by atoms with van der Waals surface area (Å²) in [6.07, 6.45) is 0.0694. The largest absolute Gasteiger partial charge is 0.253 e. The first-order valence-electron chi connectivity index (χ1n) is 3.26. The summed E-state index contributed by atoms with van der Waals surface area (Å²) in [5, 5.41) is 0. The Labute approximate surface area is 54.3 Å². The molecule has 2 heteroatoms. The van der Waals surface area contributed by atoms with Crippen LogP contribution in [-0.2, 0) is 0 Å². The maximum atomic E-state index is 12.6. The van der Waals surface area contributed by atoms with E-state index in [1.807, 2.05) is 6.92 Å². The zero-order chi connectivity index (χ0) is 7.28. The second-order valence-electron chi connectivity index (χ2n) is 3.53. The minimum absolute atomic E-state index is 0.0694. The van der Waals surface area contributed by atoms with E-state index in [1.165, 1.54) is 0 Å². The van der Waals surface area contributed by atoms with E-state index in [1.54, 1.807) is 13.8 Å². The molecule has 0 spiro atoms. The Hall–Kier alpha value is -0.140. The molecule has 0 heterocycles. The quantitative estimate of drug-likeness (QED) is 0.477. The van der Waals surface area contributed by atoms with Gasteiger partial charge < -0.3 is 0 Å². The van der Waals surface area contributed by atoms with Crippen molar-refractivity contribution in [1.29, 1.82) is 0 Å². The Balaban J connectivity index is 2.70. The number of hydrogen-bond donors (Lipinski definition) is 0. The molecule has 54 valence electrons. The van der Waals surface area contributed by atoms with Gasteiger partial charge in [0.05, 0.1) is 0 Å². The van der Waals surface area contributed by atoms with Gasteiger partial charge in [0.15, 0.2) is 0 Å². The van der Waals surface area contributed by atoms with Crippen molar-refractivity contribution in [3.8, 4) is 0 Å². The fraction of sp³-hybridized carbons (Fsp3) is 1.00. The summed E-state index contributed by atoms with van der Waals surface area (Å²) in [5.74, 6) is -2.24. The Bertz CT molecular complexity index is 127. The minimum atomic E-state index is -2.41. The summed E-state index contributed by atoms with van der Waals surface area (Å²) in [6, 6.07) is 0. The molecule has 1 aliphatic carbocycles. The molecule has 1 rings (SSSR count). The average Bonchev–Trinajstić information content (AvgIpc) is 1.65. The average molecular weight is 134 g/mol. The monoisotopic (exact) mass is 134 g/mol. The Morgan fingerprint density at radius 1 is 1.33 bits per heavy atom. The first kappa shape index (κ1) is 6.97. The van der Waals surface area contributed by atoms with Crippen molar-refractivity contribution < 1.29 is 8.78 Å². The van der Waals surface area contributed by atoms with Gasteiger partial charge in [-0.15, -0.1) is 0 Å². The molecule has 9 heavy (non-hydrogen) atoms. The third-order valence-electron chi connectivity index (χ3n) is 2.74. The number of halogens is 2. The molecular formula is C7H12F2. The van der Waals surface area contributed by atoms with Crippen LogP contribution >= 0.6 is 0 Å². The molecule has 0 N–H and O–H groups in total. The lowest BCUT2D eigenvalue weighted by atomic mass is 9.60. The molecule has 0 radical (unpaired) electrons. The van der Waals surface area contributed by atoms with Crippen molar-refractivity contribution in [2.45, 2.75) is 33.1 Å². The molecule has 1 atom stereocenters. The van der Waals surface area contributed by atoms with Crippen molar-refractivity contribution in [2.24, 2.45) is 11.3 Å². The Morgan fingerprint density at radius 2 is 1.78 bits per heavy atom. The van der Waals surface area contributed by atoms with Crippen molar-refractivity contribution >= 4 is 0 Å². The highest BCUT2D eigenvalue weighted by Crippen LogP contribution is 2.57. The molecule has 0 nitrogen and oxygen atoms in total. The molecule has 0 aliphatic heterocycles. The summed E-state index contributed by atoms with van der Waals surface area (Å²) in [5.41, 5.74) is -0.757. The van der Waals surface area contributed by atoms with Gasteiger partial charge in [-0.05, 0) is 5.92 Å². The molecule has 0 aromatic carbocycles.